The molecular formula is C14H12BrClN2O. The van der Waals surface area contributed by atoms with Crippen molar-refractivity contribution in [3.8, 4) is 0 Å². The van der Waals surface area contributed by atoms with E-state index in [9.17, 15) is 4.79 Å². The number of halogens is 2. The molecule has 0 radical (unpaired) electrons. The van der Waals surface area contributed by atoms with Crippen molar-refractivity contribution in [1.82, 2.24) is 0 Å². The molecule has 0 spiro atoms. The molecular weight excluding hydrogens is 328 g/mol. The second-order valence-corrected chi connectivity index (χ2v) is 5.38. The predicted octanol–water partition coefficient (Wildman–Crippen LogP) is 4.25. The molecule has 2 aromatic rings. The Morgan fingerprint density at radius 3 is 2.79 bits per heavy atom. The van der Waals surface area contributed by atoms with Crippen LogP contribution in [0.25, 0.3) is 0 Å². The van der Waals surface area contributed by atoms with Gasteiger partial charge in [-0.25, -0.2) is 0 Å². The molecule has 3 N–H and O–H groups in total. The van der Waals surface area contributed by atoms with Crippen molar-refractivity contribution in [3.63, 3.8) is 0 Å². The second kappa shape index (κ2) is 5.63. The predicted molar refractivity (Wildman–Crippen MR) is 82.7 cm³/mol. The molecule has 2 rings (SSSR count). The van der Waals surface area contributed by atoms with E-state index in [1.807, 2.05) is 19.1 Å². The van der Waals surface area contributed by atoms with Crippen LogP contribution in [0, 0.1) is 6.92 Å². The molecule has 0 aromatic heterocycles. The summed E-state index contributed by atoms with van der Waals surface area (Å²) in [4.78, 5) is 12.2. The fourth-order valence-electron chi connectivity index (χ4n) is 1.65. The van der Waals surface area contributed by atoms with Gasteiger partial charge in [-0.1, -0.05) is 23.7 Å². The lowest BCUT2D eigenvalue weighted by Crippen LogP contribution is -2.14. The molecule has 1 amide bonds. The largest absolute Gasteiger partial charge is 0.397 e. The minimum Gasteiger partial charge on any atom is -0.397 e. The molecule has 0 saturated carbocycles. The summed E-state index contributed by atoms with van der Waals surface area (Å²) < 4.78 is 0.680. The molecule has 0 aliphatic heterocycles. The topological polar surface area (TPSA) is 55.1 Å². The zero-order valence-electron chi connectivity index (χ0n) is 10.2. The van der Waals surface area contributed by atoms with Crippen LogP contribution >= 0.6 is 27.5 Å². The summed E-state index contributed by atoms with van der Waals surface area (Å²) in [6.07, 6.45) is 0. The number of carbonyl (C=O) groups excluding carboxylic acids is 1. The van der Waals surface area contributed by atoms with Gasteiger partial charge in [-0.05, 0) is 52.7 Å². The molecule has 0 aliphatic rings. The number of hydrogen-bond donors (Lipinski definition) is 2. The Kier molecular flexibility index (Phi) is 4.12. The molecule has 3 nitrogen and oxygen atoms in total. The van der Waals surface area contributed by atoms with E-state index in [-0.39, 0.29) is 5.91 Å². The zero-order chi connectivity index (χ0) is 14.0. The molecule has 0 saturated heterocycles. The van der Waals surface area contributed by atoms with Crippen molar-refractivity contribution in [2.75, 3.05) is 11.1 Å². The van der Waals surface area contributed by atoms with Crippen LogP contribution in [0.15, 0.2) is 40.9 Å². The average Bonchev–Trinajstić information content (AvgIpc) is 2.37. The molecule has 2 aromatic carbocycles. The van der Waals surface area contributed by atoms with Gasteiger partial charge in [0.05, 0.1) is 22.0 Å². The number of carbonyl (C=O) groups is 1. The minimum atomic E-state index is -0.288. The highest BCUT2D eigenvalue weighted by molar-refractivity contribution is 9.10. The van der Waals surface area contributed by atoms with E-state index in [0.717, 1.165) is 5.56 Å². The zero-order valence-corrected chi connectivity index (χ0v) is 12.5. The lowest BCUT2D eigenvalue weighted by atomic mass is 10.1. The van der Waals surface area contributed by atoms with Gasteiger partial charge in [-0.2, -0.15) is 0 Å². The third-order valence-corrected chi connectivity index (χ3v) is 3.95. The fourth-order valence-corrected chi connectivity index (χ4v) is 2.23. The van der Waals surface area contributed by atoms with Crippen molar-refractivity contribution < 1.29 is 4.79 Å². The Morgan fingerprint density at radius 1 is 1.32 bits per heavy atom. The lowest BCUT2D eigenvalue weighted by Gasteiger charge is -2.10. The van der Waals surface area contributed by atoms with Crippen LogP contribution in [-0.4, -0.2) is 5.91 Å². The third-order valence-electron chi connectivity index (χ3n) is 2.65. The Labute approximate surface area is 124 Å². The molecule has 0 unspecified atom stereocenters. The van der Waals surface area contributed by atoms with Crippen molar-refractivity contribution in [3.05, 3.63) is 57.0 Å². The van der Waals surface area contributed by atoms with E-state index < -0.39 is 0 Å². The molecule has 0 fully saturated rings. The number of anilines is 2. The van der Waals surface area contributed by atoms with Crippen LogP contribution in [0.2, 0.25) is 5.02 Å². The highest BCUT2D eigenvalue weighted by Crippen LogP contribution is 2.27. The fraction of sp³-hybridized carbons (Fsp3) is 0.0714. The van der Waals surface area contributed by atoms with Gasteiger partial charge in [0.1, 0.15) is 0 Å². The third kappa shape index (κ3) is 3.08. The maximum absolute atomic E-state index is 12.2. The normalized spacial score (nSPS) is 10.3. The lowest BCUT2D eigenvalue weighted by molar-refractivity contribution is 0.102. The number of hydrogen-bond acceptors (Lipinski definition) is 2. The summed E-state index contributed by atoms with van der Waals surface area (Å²) in [5.41, 5.74) is 8.35. The SMILES string of the molecule is Cc1ccc(N)c(NC(=O)c2cccc(Br)c2Cl)c1. The molecule has 19 heavy (non-hydrogen) atoms. The molecule has 0 atom stereocenters. The highest BCUT2D eigenvalue weighted by atomic mass is 79.9. The molecule has 5 heteroatoms. The first-order valence-corrected chi connectivity index (χ1v) is 6.77. The van der Waals surface area contributed by atoms with Crippen LogP contribution in [0.1, 0.15) is 15.9 Å². The van der Waals surface area contributed by atoms with Crippen molar-refractivity contribution in [1.29, 1.82) is 0 Å². The van der Waals surface area contributed by atoms with Gasteiger partial charge in [0, 0.05) is 4.47 Å². The standard InChI is InChI=1S/C14H12BrClN2O/c1-8-5-6-11(17)12(7-8)18-14(19)9-3-2-4-10(15)13(9)16/h2-7H,17H2,1H3,(H,18,19). The number of amides is 1. The molecule has 0 heterocycles. The number of nitrogens with one attached hydrogen (secondary N) is 1. The summed E-state index contributed by atoms with van der Waals surface area (Å²) in [7, 11) is 0. The Balaban J connectivity index is 2.31. The van der Waals surface area contributed by atoms with Gasteiger partial charge in [0.25, 0.3) is 5.91 Å². The van der Waals surface area contributed by atoms with Crippen LogP contribution in [-0.2, 0) is 0 Å². The van der Waals surface area contributed by atoms with Crippen molar-refractivity contribution in [2.24, 2.45) is 0 Å². The summed E-state index contributed by atoms with van der Waals surface area (Å²) >= 11 is 9.38. The average molecular weight is 340 g/mol. The van der Waals surface area contributed by atoms with E-state index in [4.69, 9.17) is 17.3 Å². The van der Waals surface area contributed by atoms with E-state index >= 15 is 0 Å². The van der Waals surface area contributed by atoms with E-state index in [0.29, 0.717) is 26.4 Å². The van der Waals surface area contributed by atoms with Crippen molar-refractivity contribution in [2.45, 2.75) is 6.92 Å². The van der Waals surface area contributed by atoms with Crippen LogP contribution in [0.5, 0.6) is 0 Å². The first-order chi connectivity index (χ1) is 8.99. The van der Waals surface area contributed by atoms with E-state index in [1.54, 1.807) is 24.3 Å². The quantitative estimate of drug-likeness (QED) is 0.804. The maximum atomic E-state index is 12.2. The molecule has 0 aliphatic carbocycles. The first-order valence-electron chi connectivity index (χ1n) is 5.60. The number of aryl methyl sites for hydroxylation is 1. The molecule has 0 bridgehead atoms. The highest BCUT2D eigenvalue weighted by Gasteiger charge is 2.13. The summed E-state index contributed by atoms with van der Waals surface area (Å²) in [5, 5.41) is 3.15. The number of nitrogen functional groups attached to an aromatic ring is 1. The second-order valence-electron chi connectivity index (χ2n) is 4.15. The number of benzene rings is 2. The van der Waals surface area contributed by atoms with Crippen LogP contribution in [0.4, 0.5) is 11.4 Å². The van der Waals surface area contributed by atoms with Gasteiger partial charge in [0.15, 0.2) is 0 Å². The van der Waals surface area contributed by atoms with Crippen LogP contribution < -0.4 is 11.1 Å². The van der Waals surface area contributed by atoms with E-state index in [1.165, 1.54) is 0 Å². The summed E-state index contributed by atoms with van der Waals surface area (Å²) in [6, 6.07) is 10.7. The maximum Gasteiger partial charge on any atom is 0.257 e. The summed E-state index contributed by atoms with van der Waals surface area (Å²) in [5.74, 6) is -0.288. The minimum absolute atomic E-state index is 0.288. The monoisotopic (exact) mass is 338 g/mol. The van der Waals surface area contributed by atoms with E-state index in [2.05, 4.69) is 21.2 Å². The van der Waals surface area contributed by atoms with Gasteiger partial charge < -0.3 is 11.1 Å². The molecule has 98 valence electrons. The van der Waals surface area contributed by atoms with Gasteiger partial charge in [-0.3, -0.25) is 4.79 Å². The Hall–Kier alpha value is -1.52. The van der Waals surface area contributed by atoms with Gasteiger partial charge in [-0.15, -0.1) is 0 Å². The van der Waals surface area contributed by atoms with Gasteiger partial charge >= 0.3 is 0 Å². The first kappa shape index (κ1) is 13.9. The number of nitrogens with two attached hydrogens (primary N) is 1. The Bertz CT molecular complexity index is 643. The number of rotatable bonds is 2. The smallest absolute Gasteiger partial charge is 0.257 e. The van der Waals surface area contributed by atoms with Gasteiger partial charge in [0.2, 0.25) is 0 Å². The summed E-state index contributed by atoms with van der Waals surface area (Å²) in [6.45, 7) is 1.93. The van der Waals surface area contributed by atoms with Crippen molar-refractivity contribution >= 4 is 44.8 Å². The van der Waals surface area contributed by atoms with Crippen LogP contribution in [0.3, 0.4) is 0 Å². The Morgan fingerprint density at radius 2 is 2.05 bits per heavy atom.